The highest BCUT2D eigenvalue weighted by Crippen LogP contribution is 2.32. The summed E-state index contributed by atoms with van der Waals surface area (Å²) in [6, 6.07) is 0. The number of aliphatic hydroxyl groups excluding tert-OH is 1. The summed E-state index contributed by atoms with van der Waals surface area (Å²) in [5.41, 5.74) is -0.845. The van der Waals surface area contributed by atoms with Crippen LogP contribution in [0.15, 0.2) is 0 Å². The first-order valence-corrected chi connectivity index (χ1v) is 6.89. The van der Waals surface area contributed by atoms with Gasteiger partial charge in [0.1, 0.15) is 0 Å². The van der Waals surface area contributed by atoms with Crippen LogP contribution in [0, 0.1) is 0 Å². The first kappa shape index (κ1) is 13.8. The van der Waals surface area contributed by atoms with Crippen molar-refractivity contribution in [1.82, 2.24) is 15.5 Å². The largest absolute Gasteiger partial charge is 0.394 e. The molecule has 18 heavy (non-hydrogen) atoms. The van der Waals surface area contributed by atoms with E-state index < -0.39 is 5.54 Å². The summed E-state index contributed by atoms with van der Waals surface area (Å²) in [5.74, 6) is 0.0400. The first-order chi connectivity index (χ1) is 8.50. The van der Waals surface area contributed by atoms with Crippen LogP contribution in [0.3, 0.4) is 0 Å². The van der Waals surface area contributed by atoms with Gasteiger partial charge in [-0.25, -0.2) is 0 Å². The van der Waals surface area contributed by atoms with Crippen LogP contribution in [-0.2, 0) is 4.79 Å². The SMILES string of the molecule is CC(C)(C(=O)NC1(CO)CCC1)N1CCNCC1. The number of aliphatic hydroxyl groups is 1. The van der Waals surface area contributed by atoms with Gasteiger partial charge in [0, 0.05) is 26.2 Å². The monoisotopic (exact) mass is 255 g/mol. The van der Waals surface area contributed by atoms with E-state index in [1.54, 1.807) is 0 Å². The average Bonchev–Trinajstić information content (AvgIpc) is 2.34. The highest BCUT2D eigenvalue weighted by molar-refractivity contribution is 5.86. The molecule has 1 aliphatic heterocycles. The van der Waals surface area contributed by atoms with Crippen LogP contribution in [-0.4, -0.2) is 59.8 Å². The van der Waals surface area contributed by atoms with Gasteiger partial charge in [-0.1, -0.05) is 0 Å². The number of hydrogen-bond donors (Lipinski definition) is 3. The Bertz CT molecular complexity index is 302. The van der Waals surface area contributed by atoms with E-state index >= 15 is 0 Å². The molecule has 0 spiro atoms. The standard InChI is InChI=1S/C13H25N3O2/c1-12(2,16-8-6-14-7-9-16)11(18)15-13(10-17)4-3-5-13/h14,17H,3-10H2,1-2H3,(H,15,18). The Morgan fingerprint density at radius 3 is 2.44 bits per heavy atom. The van der Waals surface area contributed by atoms with Crippen LogP contribution in [0.5, 0.6) is 0 Å². The molecule has 0 aromatic rings. The predicted molar refractivity (Wildman–Crippen MR) is 70.3 cm³/mol. The van der Waals surface area contributed by atoms with Crippen LogP contribution in [0.2, 0.25) is 0 Å². The summed E-state index contributed by atoms with van der Waals surface area (Å²) in [7, 11) is 0. The van der Waals surface area contributed by atoms with Gasteiger partial charge >= 0.3 is 0 Å². The molecule has 0 radical (unpaired) electrons. The van der Waals surface area contributed by atoms with E-state index in [0.29, 0.717) is 0 Å². The molecule has 1 aliphatic carbocycles. The van der Waals surface area contributed by atoms with Crippen LogP contribution in [0.4, 0.5) is 0 Å². The second-order valence-corrected chi connectivity index (χ2v) is 6.04. The Morgan fingerprint density at radius 2 is 2.00 bits per heavy atom. The fourth-order valence-corrected chi connectivity index (χ4v) is 2.69. The molecule has 0 bridgehead atoms. The molecule has 104 valence electrons. The fourth-order valence-electron chi connectivity index (χ4n) is 2.69. The molecular formula is C13H25N3O2. The van der Waals surface area contributed by atoms with E-state index in [2.05, 4.69) is 15.5 Å². The highest BCUT2D eigenvalue weighted by atomic mass is 16.3. The van der Waals surface area contributed by atoms with Crippen molar-refractivity contribution in [3.63, 3.8) is 0 Å². The molecule has 0 aromatic carbocycles. The molecule has 1 amide bonds. The molecule has 3 N–H and O–H groups in total. The number of nitrogens with one attached hydrogen (secondary N) is 2. The lowest BCUT2D eigenvalue weighted by molar-refractivity contribution is -0.136. The minimum absolute atomic E-state index is 0.0400. The Morgan fingerprint density at radius 1 is 1.39 bits per heavy atom. The third kappa shape index (κ3) is 2.53. The van der Waals surface area contributed by atoms with Crippen molar-refractivity contribution < 1.29 is 9.90 Å². The van der Waals surface area contributed by atoms with Gasteiger partial charge in [-0.2, -0.15) is 0 Å². The number of nitrogens with zero attached hydrogens (tertiary/aromatic N) is 1. The van der Waals surface area contributed by atoms with Crippen LogP contribution in [0.1, 0.15) is 33.1 Å². The van der Waals surface area contributed by atoms with E-state index in [-0.39, 0.29) is 18.1 Å². The van der Waals surface area contributed by atoms with E-state index in [1.165, 1.54) is 0 Å². The van der Waals surface area contributed by atoms with Gasteiger partial charge < -0.3 is 15.7 Å². The lowest BCUT2D eigenvalue weighted by Crippen LogP contribution is -2.65. The lowest BCUT2D eigenvalue weighted by Gasteiger charge is -2.46. The molecule has 5 heteroatoms. The van der Waals surface area contributed by atoms with Crippen molar-refractivity contribution in [1.29, 1.82) is 0 Å². The molecular weight excluding hydrogens is 230 g/mol. The highest BCUT2D eigenvalue weighted by Gasteiger charge is 2.43. The minimum atomic E-state index is -0.500. The summed E-state index contributed by atoms with van der Waals surface area (Å²) in [6.07, 6.45) is 2.88. The van der Waals surface area contributed by atoms with Gasteiger partial charge in [0.15, 0.2) is 0 Å². The Balaban J connectivity index is 1.97. The lowest BCUT2D eigenvalue weighted by atomic mass is 9.77. The first-order valence-electron chi connectivity index (χ1n) is 6.89. The number of carbonyl (C=O) groups is 1. The summed E-state index contributed by atoms with van der Waals surface area (Å²) in [4.78, 5) is 14.7. The summed E-state index contributed by atoms with van der Waals surface area (Å²) >= 11 is 0. The molecule has 2 fully saturated rings. The topological polar surface area (TPSA) is 64.6 Å². The van der Waals surface area contributed by atoms with Crippen molar-refractivity contribution in [2.24, 2.45) is 0 Å². The Hall–Kier alpha value is -0.650. The normalized spacial score (nSPS) is 24.4. The number of hydrogen-bond acceptors (Lipinski definition) is 4. The van der Waals surface area contributed by atoms with Crippen LogP contribution < -0.4 is 10.6 Å². The van der Waals surface area contributed by atoms with Crippen molar-refractivity contribution in [2.45, 2.75) is 44.2 Å². The zero-order valence-corrected chi connectivity index (χ0v) is 11.5. The maximum absolute atomic E-state index is 12.4. The van der Waals surface area contributed by atoms with Gasteiger partial charge in [-0.15, -0.1) is 0 Å². The summed E-state index contributed by atoms with van der Waals surface area (Å²) in [6.45, 7) is 7.65. The van der Waals surface area contributed by atoms with Gasteiger partial charge in [-0.05, 0) is 33.1 Å². The molecule has 1 saturated heterocycles. The predicted octanol–water partition coefficient (Wildman–Crippen LogP) is -0.299. The number of carbonyl (C=O) groups excluding carboxylic acids is 1. The zero-order valence-electron chi connectivity index (χ0n) is 11.5. The molecule has 1 saturated carbocycles. The van der Waals surface area contributed by atoms with Gasteiger partial charge in [0.2, 0.25) is 5.91 Å². The van der Waals surface area contributed by atoms with Crippen molar-refractivity contribution in [3.05, 3.63) is 0 Å². The maximum Gasteiger partial charge on any atom is 0.240 e. The molecule has 0 aromatic heterocycles. The van der Waals surface area contributed by atoms with E-state index in [1.807, 2.05) is 13.8 Å². The van der Waals surface area contributed by atoms with Gasteiger partial charge in [0.25, 0.3) is 0 Å². The third-order valence-electron chi connectivity index (χ3n) is 4.46. The quantitative estimate of drug-likeness (QED) is 0.645. The van der Waals surface area contributed by atoms with E-state index in [9.17, 15) is 9.90 Å². The minimum Gasteiger partial charge on any atom is -0.394 e. The van der Waals surface area contributed by atoms with Gasteiger partial charge in [0.05, 0.1) is 17.7 Å². The Kier molecular flexibility index (Phi) is 3.94. The van der Waals surface area contributed by atoms with E-state index in [4.69, 9.17) is 0 Å². The summed E-state index contributed by atoms with van der Waals surface area (Å²) < 4.78 is 0. The molecule has 1 heterocycles. The van der Waals surface area contributed by atoms with Crippen LogP contribution >= 0.6 is 0 Å². The Labute approximate surface area is 109 Å². The number of piperazine rings is 1. The third-order valence-corrected chi connectivity index (χ3v) is 4.46. The second-order valence-electron chi connectivity index (χ2n) is 6.04. The van der Waals surface area contributed by atoms with Crippen molar-refractivity contribution >= 4 is 5.91 Å². The maximum atomic E-state index is 12.4. The average molecular weight is 255 g/mol. The fraction of sp³-hybridized carbons (Fsp3) is 0.923. The van der Waals surface area contributed by atoms with Gasteiger partial charge in [-0.3, -0.25) is 9.69 Å². The van der Waals surface area contributed by atoms with Crippen LogP contribution in [0.25, 0.3) is 0 Å². The molecule has 5 nitrogen and oxygen atoms in total. The second kappa shape index (κ2) is 5.15. The number of amides is 1. The molecule has 0 atom stereocenters. The summed E-state index contributed by atoms with van der Waals surface area (Å²) in [5, 5.41) is 15.8. The van der Waals surface area contributed by atoms with Crippen molar-refractivity contribution in [3.8, 4) is 0 Å². The van der Waals surface area contributed by atoms with E-state index in [0.717, 1.165) is 45.4 Å². The smallest absolute Gasteiger partial charge is 0.240 e. The molecule has 0 unspecified atom stereocenters. The molecule has 2 rings (SSSR count). The molecule has 2 aliphatic rings. The van der Waals surface area contributed by atoms with Crippen molar-refractivity contribution in [2.75, 3.05) is 32.8 Å². The number of rotatable bonds is 4. The zero-order chi connectivity index (χ0) is 13.2.